The van der Waals surface area contributed by atoms with Crippen molar-refractivity contribution in [2.45, 2.75) is 29.0 Å². The Labute approximate surface area is 303 Å². The molecule has 9 rings (SSSR count). The van der Waals surface area contributed by atoms with Crippen LogP contribution in [0.15, 0.2) is 94.6 Å². The third-order valence-electron chi connectivity index (χ3n) is 10.8. The molecule has 6 atom stereocenters. The van der Waals surface area contributed by atoms with Crippen LogP contribution in [0.1, 0.15) is 18.4 Å². The topological polar surface area (TPSA) is 130 Å². The highest BCUT2D eigenvalue weighted by molar-refractivity contribution is 9.09. The van der Waals surface area contributed by atoms with Crippen molar-refractivity contribution < 1.29 is 33.4 Å². The highest BCUT2D eigenvalue weighted by Gasteiger charge is 2.76. The summed E-state index contributed by atoms with van der Waals surface area (Å²) in [6, 6.07) is 19.0. The maximum atomic E-state index is 14.4. The first kappa shape index (κ1) is 31.5. The van der Waals surface area contributed by atoms with Gasteiger partial charge in [-0.25, -0.2) is 4.98 Å². The Hall–Kier alpha value is -4.45. The summed E-state index contributed by atoms with van der Waals surface area (Å²) in [5, 5.41) is 10.2. The number of imide groups is 2. The van der Waals surface area contributed by atoms with Gasteiger partial charge in [0.25, 0.3) is 11.8 Å². The van der Waals surface area contributed by atoms with Crippen molar-refractivity contribution in [1.82, 2.24) is 9.88 Å². The SMILES string of the molecule is O=C1C2CC=C3C(CC4(Cl)C(=O)N(CBr)C(=O)C4(Cl)C3C3=COc4ccc(O)cc4C3)C2C(=O)N1c1ccc(-c2nc3ccccc3o2)cc1. The second-order valence-corrected chi connectivity index (χ2v) is 15.1. The summed E-state index contributed by atoms with van der Waals surface area (Å²) in [5.41, 5.74) is 4.22. The monoisotopic (exact) mass is 773 g/mol. The minimum absolute atomic E-state index is 0.0387. The first-order valence-electron chi connectivity index (χ1n) is 16.1. The fourth-order valence-corrected chi connectivity index (χ4v) is 10.0. The lowest BCUT2D eigenvalue weighted by atomic mass is 9.56. The molecule has 1 N–H and O–H groups in total. The van der Waals surface area contributed by atoms with Crippen LogP contribution in [-0.2, 0) is 25.6 Å². The van der Waals surface area contributed by atoms with Crippen LogP contribution in [0.5, 0.6) is 11.5 Å². The number of hydrogen-bond acceptors (Lipinski definition) is 8. The van der Waals surface area contributed by atoms with E-state index in [9.17, 15) is 24.3 Å². The second kappa shape index (κ2) is 11.0. The van der Waals surface area contributed by atoms with Crippen molar-refractivity contribution in [1.29, 1.82) is 0 Å². The average molecular weight is 775 g/mol. The number of allylic oxidation sites excluding steroid dienone is 3. The lowest BCUT2D eigenvalue weighted by Crippen LogP contribution is -2.61. The molecule has 10 nitrogen and oxygen atoms in total. The van der Waals surface area contributed by atoms with Gasteiger partial charge in [0.15, 0.2) is 15.3 Å². The molecule has 6 unspecified atom stereocenters. The van der Waals surface area contributed by atoms with E-state index in [1.807, 2.05) is 30.3 Å². The van der Waals surface area contributed by atoms with Gasteiger partial charge >= 0.3 is 0 Å². The normalized spacial score (nSPS) is 30.1. The Bertz CT molecular complexity index is 2220. The van der Waals surface area contributed by atoms with E-state index >= 15 is 0 Å². The number of anilines is 1. The first-order valence-corrected chi connectivity index (χ1v) is 17.9. The maximum absolute atomic E-state index is 14.4. The standard InChI is InChI=1S/C37H26BrCl2N3O7/c38-17-42-34(47)36(39)15-25-23(30(37(36,40)35(42)48)20-13-19-14-22(44)9-12-27(19)49-16-20)10-11-24-29(25)33(46)43(32(24)45)21-7-5-18(6-8-21)31-41-26-3-1-2-4-28(26)50-31/h1-10,12,14,16,24-25,29-30,44H,11,13,15,17H2. The van der Waals surface area contributed by atoms with Crippen LogP contribution < -0.4 is 9.64 Å². The number of para-hydroxylation sites is 2. The van der Waals surface area contributed by atoms with Crippen LogP contribution in [0.3, 0.4) is 0 Å². The minimum Gasteiger partial charge on any atom is -0.508 e. The van der Waals surface area contributed by atoms with Crippen molar-refractivity contribution >= 4 is 79.5 Å². The molecule has 3 aliphatic heterocycles. The Balaban J connectivity index is 1.09. The number of fused-ring (bicyclic) bond motifs is 6. The number of hydrogen-bond donors (Lipinski definition) is 1. The molecule has 5 aliphatic rings. The molecule has 0 radical (unpaired) electrons. The van der Waals surface area contributed by atoms with E-state index in [1.54, 1.807) is 36.4 Å². The molecule has 50 heavy (non-hydrogen) atoms. The van der Waals surface area contributed by atoms with Gasteiger partial charge in [0, 0.05) is 23.5 Å². The quantitative estimate of drug-likeness (QED) is 0.108. The summed E-state index contributed by atoms with van der Waals surface area (Å²) in [7, 11) is 0. The Kier molecular flexibility index (Phi) is 6.95. The summed E-state index contributed by atoms with van der Waals surface area (Å²) in [6.07, 6.45) is 3.75. The zero-order chi connectivity index (χ0) is 34.7. The Morgan fingerprint density at radius 2 is 1.74 bits per heavy atom. The predicted octanol–water partition coefficient (Wildman–Crippen LogP) is 6.47. The smallest absolute Gasteiger partial charge is 0.254 e. The van der Waals surface area contributed by atoms with Gasteiger partial charge in [-0.15, -0.1) is 23.2 Å². The van der Waals surface area contributed by atoms with Gasteiger partial charge < -0.3 is 14.3 Å². The fourth-order valence-electron chi connectivity index (χ4n) is 8.57. The molecule has 3 aromatic carbocycles. The van der Waals surface area contributed by atoms with Gasteiger partial charge in [-0.3, -0.25) is 29.0 Å². The van der Waals surface area contributed by atoms with E-state index in [0.717, 1.165) is 4.90 Å². The van der Waals surface area contributed by atoms with Gasteiger partial charge in [0.05, 0.1) is 29.2 Å². The molecule has 4 heterocycles. The van der Waals surface area contributed by atoms with Gasteiger partial charge in [0.2, 0.25) is 17.7 Å². The van der Waals surface area contributed by atoms with Crippen molar-refractivity contribution in [2.75, 3.05) is 10.4 Å². The molecule has 4 aromatic rings. The molecule has 0 bridgehead atoms. The molecule has 0 spiro atoms. The molecule has 2 aliphatic carbocycles. The lowest BCUT2D eigenvalue weighted by Gasteiger charge is -2.51. The maximum Gasteiger partial charge on any atom is 0.254 e. The molecule has 13 heteroatoms. The van der Waals surface area contributed by atoms with Crippen molar-refractivity contribution in [3.8, 4) is 23.0 Å². The Morgan fingerprint density at radius 1 is 0.960 bits per heavy atom. The number of oxazole rings is 1. The van der Waals surface area contributed by atoms with Crippen molar-refractivity contribution in [2.24, 2.45) is 23.7 Å². The van der Waals surface area contributed by atoms with E-state index in [2.05, 4.69) is 20.9 Å². The van der Waals surface area contributed by atoms with Gasteiger partial charge in [0.1, 0.15) is 17.0 Å². The van der Waals surface area contributed by atoms with Crippen LogP contribution in [0.25, 0.3) is 22.6 Å². The van der Waals surface area contributed by atoms with Crippen molar-refractivity contribution in [3.05, 3.63) is 95.8 Å². The number of phenolic OH excluding ortho intramolecular Hbond substituents is 1. The average Bonchev–Trinajstić information content (AvgIpc) is 3.71. The highest BCUT2D eigenvalue weighted by Crippen LogP contribution is 2.65. The number of halogens is 3. The number of aromatic hydroxyl groups is 1. The van der Waals surface area contributed by atoms with Crippen LogP contribution in [0.4, 0.5) is 5.69 Å². The number of benzene rings is 3. The summed E-state index contributed by atoms with van der Waals surface area (Å²) in [6.45, 7) is 0. The number of nitrogens with zero attached hydrogens (tertiary/aromatic N) is 3. The van der Waals surface area contributed by atoms with Crippen LogP contribution in [-0.4, -0.2) is 53.8 Å². The van der Waals surface area contributed by atoms with E-state index in [1.165, 1.54) is 17.2 Å². The first-order chi connectivity index (χ1) is 24.0. The molecule has 1 saturated carbocycles. The molecular weight excluding hydrogens is 749 g/mol. The zero-order valence-electron chi connectivity index (χ0n) is 26.0. The number of carbonyl (C=O) groups excluding carboxylic acids is 4. The highest BCUT2D eigenvalue weighted by atomic mass is 79.9. The molecule has 4 amide bonds. The minimum atomic E-state index is -1.94. The molecule has 1 aromatic heterocycles. The molecule has 3 fully saturated rings. The van der Waals surface area contributed by atoms with Gasteiger partial charge in [-0.05, 0) is 78.9 Å². The van der Waals surface area contributed by atoms with Crippen molar-refractivity contribution in [3.63, 3.8) is 0 Å². The van der Waals surface area contributed by atoms with E-state index in [4.69, 9.17) is 32.4 Å². The van der Waals surface area contributed by atoms with E-state index < -0.39 is 51.1 Å². The fraction of sp³-hybridized carbons (Fsp3) is 0.270. The van der Waals surface area contributed by atoms with Crippen LogP contribution in [0, 0.1) is 23.7 Å². The second-order valence-electron chi connectivity index (χ2n) is 13.3. The molecule has 252 valence electrons. The number of phenols is 1. The van der Waals surface area contributed by atoms with Crippen LogP contribution >= 0.6 is 39.1 Å². The summed E-state index contributed by atoms with van der Waals surface area (Å²) >= 11 is 18.0. The number of rotatable bonds is 4. The van der Waals surface area contributed by atoms with Gasteiger partial charge in [-0.2, -0.15) is 0 Å². The molecule has 2 saturated heterocycles. The number of aromatic nitrogens is 1. The van der Waals surface area contributed by atoms with E-state index in [0.29, 0.717) is 50.7 Å². The predicted molar refractivity (Wildman–Crippen MR) is 187 cm³/mol. The number of alkyl halides is 3. The third kappa shape index (κ3) is 4.17. The number of carbonyl (C=O) groups is 4. The lowest BCUT2D eigenvalue weighted by molar-refractivity contribution is -0.138. The number of ether oxygens (including phenoxy) is 1. The largest absolute Gasteiger partial charge is 0.508 e. The summed E-state index contributed by atoms with van der Waals surface area (Å²) in [4.78, 5) is 59.4. The van der Waals surface area contributed by atoms with E-state index in [-0.39, 0.29) is 36.4 Å². The third-order valence-corrected chi connectivity index (χ3v) is 12.7. The van der Waals surface area contributed by atoms with Crippen LogP contribution in [0.2, 0.25) is 0 Å². The Morgan fingerprint density at radius 3 is 2.50 bits per heavy atom. The zero-order valence-corrected chi connectivity index (χ0v) is 29.1. The summed E-state index contributed by atoms with van der Waals surface area (Å²) in [5.74, 6) is -4.27. The number of amides is 4. The number of likely N-dealkylation sites (tertiary alicyclic amines) is 1. The summed E-state index contributed by atoms with van der Waals surface area (Å²) < 4.78 is 11.9. The van der Waals surface area contributed by atoms with Gasteiger partial charge in [-0.1, -0.05) is 39.7 Å². The molecular formula is C37H26BrCl2N3O7.